The Morgan fingerprint density at radius 3 is 1.88 bits per heavy atom. The van der Waals surface area contributed by atoms with E-state index in [2.05, 4.69) is 82.2 Å². The normalized spacial score (nSPS) is 10.9. The minimum absolute atomic E-state index is 0.0736. The van der Waals surface area contributed by atoms with Crippen molar-refractivity contribution in [3.63, 3.8) is 0 Å². The molecule has 6 heterocycles. The molecule has 67 heavy (non-hydrogen) atoms. The van der Waals surface area contributed by atoms with Crippen molar-refractivity contribution < 1.29 is 19.1 Å². The molecule has 0 radical (unpaired) electrons. The van der Waals surface area contributed by atoms with Gasteiger partial charge in [-0.25, -0.2) is 24.9 Å². The Labute approximate surface area is 382 Å². The highest BCUT2D eigenvalue weighted by molar-refractivity contribution is 6.00. The van der Waals surface area contributed by atoms with Crippen molar-refractivity contribution >= 4 is 52.5 Å². The summed E-state index contributed by atoms with van der Waals surface area (Å²) in [6.07, 6.45) is 7.61. The molecule has 24 nitrogen and oxygen atoms in total. The number of methoxy groups -OCH3 is 2. The predicted molar refractivity (Wildman–Crippen MR) is 248 cm³/mol. The Kier molecular flexibility index (Phi) is 13.0. The number of pyridine rings is 1. The predicted octanol–water partition coefficient (Wildman–Crippen LogP) is 4.00. The van der Waals surface area contributed by atoms with Gasteiger partial charge in [-0.15, -0.1) is 0 Å². The first-order chi connectivity index (χ1) is 32.5. The summed E-state index contributed by atoms with van der Waals surface area (Å²) in [6, 6.07) is 16.3. The number of para-hydroxylation sites is 2. The second kappa shape index (κ2) is 19.7. The molecule has 0 aliphatic rings. The number of primary amides is 1. The highest BCUT2D eigenvalue weighted by atomic mass is 16.5. The molecule has 342 valence electrons. The number of anilines is 7. The number of amides is 2. The lowest BCUT2D eigenvalue weighted by Gasteiger charge is -2.16. The van der Waals surface area contributed by atoms with E-state index in [1.165, 1.54) is 19.5 Å². The second-order valence-electron chi connectivity index (χ2n) is 14.7. The molecule has 0 aliphatic heterocycles. The summed E-state index contributed by atoms with van der Waals surface area (Å²) < 4.78 is 14.7. The third-order valence-electron chi connectivity index (χ3n) is 10.2. The van der Waals surface area contributed by atoms with E-state index in [1.54, 1.807) is 84.5 Å². The van der Waals surface area contributed by atoms with Crippen molar-refractivity contribution in [2.75, 3.05) is 54.0 Å². The molecule has 0 aliphatic carbocycles. The van der Waals surface area contributed by atoms with Crippen molar-refractivity contribution in [3.8, 4) is 34.3 Å². The van der Waals surface area contributed by atoms with E-state index < -0.39 is 11.8 Å². The molecule has 0 bridgehead atoms. The number of nitrogens with two attached hydrogens (primary N) is 1. The van der Waals surface area contributed by atoms with Gasteiger partial charge in [-0.3, -0.25) is 19.0 Å². The van der Waals surface area contributed by atoms with Gasteiger partial charge >= 0.3 is 0 Å². The van der Waals surface area contributed by atoms with Gasteiger partial charge in [0.25, 0.3) is 11.8 Å². The summed E-state index contributed by atoms with van der Waals surface area (Å²) in [6.45, 7) is 4.60. The molecular weight excluding hydrogens is 861 g/mol. The van der Waals surface area contributed by atoms with E-state index >= 15 is 0 Å². The first-order valence-corrected chi connectivity index (χ1v) is 20.6. The first kappa shape index (κ1) is 44.4. The van der Waals surface area contributed by atoms with Gasteiger partial charge < -0.3 is 47.2 Å². The number of nitrogens with one attached hydrogen (secondary N) is 6. The van der Waals surface area contributed by atoms with Crippen LogP contribution < -0.4 is 47.2 Å². The van der Waals surface area contributed by atoms with Crippen LogP contribution in [0.25, 0.3) is 22.8 Å². The molecule has 0 fully saturated rings. The molecule has 0 saturated carbocycles. The van der Waals surface area contributed by atoms with Crippen molar-refractivity contribution in [1.82, 2.24) is 69.7 Å². The minimum Gasteiger partial charge on any atom is -0.494 e. The van der Waals surface area contributed by atoms with Crippen LogP contribution in [-0.4, -0.2) is 103 Å². The van der Waals surface area contributed by atoms with Gasteiger partial charge in [-0.05, 0) is 50.2 Å². The maximum Gasteiger partial charge on any atom is 0.256 e. The number of benzene rings is 2. The second-order valence-corrected chi connectivity index (χ2v) is 14.7. The van der Waals surface area contributed by atoms with Crippen molar-refractivity contribution in [1.29, 1.82) is 0 Å². The number of aryl methyl sites for hydroxylation is 3. The van der Waals surface area contributed by atoms with Crippen LogP contribution in [0.3, 0.4) is 0 Å². The van der Waals surface area contributed by atoms with Gasteiger partial charge in [0.05, 0.1) is 54.7 Å². The number of ether oxygens (including phenoxy) is 2. The van der Waals surface area contributed by atoms with Gasteiger partial charge in [0.15, 0.2) is 23.1 Å². The van der Waals surface area contributed by atoms with Crippen LogP contribution in [0.5, 0.6) is 11.5 Å². The topological polar surface area (TPSA) is 294 Å². The highest BCUT2D eigenvalue weighted by Gasteiger charge is 2.22. The average molecular weight is 907 g/mol. The number of hydrogen-bond donors (Lipinski definition) is 7. The summed E-state index contributed by atoms with van der Waals surface area (Å²) in [5.41, 5.74) is 13.9. The standard InChI is InChI=1S/C43H46N20O4/c1-24-28(19-47-42-48-20-29(36(44)64)39(56-42)53-31-13-9-11-26(34(31)66-5)37-50-22-61(3)59-37)25(2)63(58-24)52-18-17-46-41(65)30-21-49-43(55-33-15-7-8-16-45-33)57-40(30)54-32-14-10-12-27(35(32)67-6)38-51-23-62(4)60-38/h7-16,20-23,52H,17-19H2,1-6H3,(H2,44,64)(H,46,65)(H2,47,48,53,56)(H2,45,49,54,55,57). The molecular formula is C43H46N20O4. The average Bonchev–Trinajstić information content (AvgIpc) is 4.04. The molecule has 0 atom stereocenters. The zero-order valence-corrected chi connectivity index (χ0v) is 37.2. The molecule has 24 heteroatoms. The van der Waals surface area contributed by atoms with Gasteiger partial charge in [-0.1, -0.05) is 18.2 Å². The molecule has 0 unspecified atom stereocenters. The number of nitrogens with zero attached hydrogens (tertiary/aromatic N) is 13. The minimum atomic E-state index is -0.718. The molecule has 8 N–H and O–H groups in total. The lowest BCUT2D eigenvalue weighted by Crippen LogP contribution is -2.32. The molecule has 6 aromatic heterocycles. The van der Waals surface area contributed by atoms with E-state index in [-0.39, 0.29) is 41.2 Å². The monoisotopic (exact) mass is 906 g/mol. The van der Waals surface area contributed by atoms with Crippen LogP contribution in [-0.2, 0) is 20.6 Å². The molecule has 2 aromatic carbocycles. The van der Waals surface area contributed by atoms with E-state index in [0.717, 1.165) is 17.0 Å². The lowest BCUT2D eigenvalue weighted by atomic mass is 10.1. The highest BCUT2D eigenvalue weighted by Crippen LogP contribution is 2.38. The summed E-state index contributed by atoms with van der Waals surface area (Å²) in [5, 5.41) is 29.2. The number of carbonyl (C=O) groups is 2. The fourth-order valence-electron chi connectivity index (χ4n) is 6.93. The first-order valence-electron chi connectivity index (χ1n) is 20.6. The van der Waals surface area contributed by atoms with E-state index in [4.69, 9.17) is 15.2 Å². The summed E-state index contributed by atoms with van der Waals surface area (Å²) in [5.74, 6) is 2.02. The Balaban J connectivity index is 0.934. The van der Waals surface area contributed by atoms with E-state index in [9.17, 15) is 9.59 Å². The van der Waals surface area contributed by atoms with Crippen LogP contribution in [0.15, 0.2) is 85.8 Å². The van der Waals surface area contributed by atoms with Crippen molar-refractivity contribution in [3.05, 3.63) is 114 Å². The number of rotatable bonds is 19. The van der Waals surface area contributed by atoms with Crippen LogP contribution in [0, 0.1) is 13.8 Å². The fourth-order valence-corrected chi connectivity index (χ4v) is 6.93. The zero-order chi connectivity index (χ0) is 47.0. The lowest BCUT2D eigenvalue weighted by molar-refractivity contribution is 0.0953. The van der Waals surface area contributed by atoms with Gasteiger partial charge in [0, 0.05) is 51.3 Å². The van der Waals surface area contributed by atoms with E-state index in [0.29, 0.717) is 64.6 Å². The number of aromatic nitrogens is 13. The van der Waals surface area contributed by atoms with Gasteiger partial charge in [0.1, 0.15) is 41.2 Å². The number of hydrogen-bond acceptors (Lipinski definition) is 19. The zero-order valence-electron chi connectivity index (χ0n) is 37.2. The third kappa shape index (κ3) is 9.96. The Bertz CT molecular complexity index is 3060. The van der Waals surface area contributed by atoms with Crippen LogP contribution in [0.4, 0.5) is 40.7 Å². The van der Waals surface area contributed by atoms with Gasteiger partial charge in [0.2, 0.25) is 11.9 Å². The van der Waals surface area contributed by atoms with Crippen LogP contribution in [0.1, 0.15) is 37.7 Å². The molecule has 8 aromatic rings. The Morgan fingerprint density at radius 1 is 0.687 bits per heavy atom. The Hall–Kier alpha value is -9.22. The molecule has 0 spiro atoms. The number of carbonyl (C=O) groups excluding carboxylic acids is 2. The van der Waals surface area contributed by atoms with Crippen molar-refractivity contribution in [2.24, 2.45) is 19.8 Å². The molecule has 0 saturated heterocycles. The SMILES string of the molecule is COc1c(Nc2nc(NCc3c(C)nn(NCCNC(=O)c4cnc(Nc5ccccn5)nc4Nc4cccc(-c5ncn(C)n5)c4OC)c3C)ncc2C(N)=O)cccc1-c1ncn(C)n1. The summed E-state index contributed by atoms with van der Waals surface area (Å²) in [7, 11) is 6.62. The quantitative estimate of drug-likeness (QED) is 0.0564. The Morgan fingerprint density at radius 2 is 1.30 bits per heavy atom. The maximum absolute atomic E-state index is 13.8. The van der Waals surface area contributed by atoms with Crippen LogP contribution in [0.2, 0.25) is 0 Å². The molecule has 2 amide bonds. The largest absolute Gasteiger partial charge is 0.494 e. The summed E-state index contributed by atoms with van der Waals surface area (Å²) >= 11 is 0. The van der Waals surface area contributed by atoms with Crippen LogP contribution >= 0.6 is 0 Å². The van der Waals surface area contributed by atoms with Gasteiger partial charge in [-0.2, -0.15) is 30.1 Å². The maximum atomic E-state index is 13.8. The smallest absolute Gasteiger partial charge is 0.256 e. The third-order valence-corrected chi connectivity index (χ3v) is 10.2. The van der Waals surface area contributed by atoms with E-state index in [1.807, 2.05) is 38.1 Å². The summed E-state index contributed by atoms with van der Waals surface area (Å²) in [4.78, 5) is 58.9. The molecule has 8 rings (SSSR count). The fraction of sp³-hybridized carbons (Fsp3) is 0.209. The van der Waals surface area contributed by atoms with Crippen molar-refractivity contribution in [2.45, 2.75) is 20.4 Å².